The van der Waals surface area contributed by atoms with E-state index in [0.29, 0.717) is 12.6 Å². The predicted molar refractivity (Wildman–Crippen MR) is 65.9 cm³/mol. The van der Waals surface area contributed by atoms with E-state index in [1.165, 1.54) is 0 Å². The van der Waals surface area contributed by atoms with Gasteiger partial charge in [0, 0.05) is 25.2 Å². The highest BCUT2D eigenvalue weighted by atomic mass is 16.5. The zero-order valence-corrected chi connectivity index (χ0v) is 10.7. The van der Waals surface area contributed by atoms with Gasteiger partial charge in [0.05, 0.1) is 13.2 Å². The van der Waals surface area contributed by atoms with Crippen LogP contribution in [0.3, 0.4) is 0 Å². The second-order valence-corrected chi connectivity index (χ2v) is 5.14. The topological polar surface area (TPSA) is 53.6 Å². The normalized spacial score (nSPS) is 30.8. The molecular weight excluding hydrogens is 218 g/mol. The molecule has 0 bridgehead atoms. The van der Waals surface area contributed by atoms with Crippen LogP contribution >= 0.6 is 0 Å². The minimum absolute atomic E-state index is 0.103. The molecule has 0 aromatic rings. The molecule has 2 aliphatic heterocycles. The molecule has 2 atom stereocenters. The van der Waals surface area contributed by atoms with Crippen LogP contribution in [0.2, 0.25) is 0 Å². The Morgan fingerprint density at radius 1 is 1.53 bits per heavy atom. The third kappa shape index (κ3) is 3.18. The van der Waals surface area contributed by atoms with Gasteiger partial charge >= 0.3 is 0 Å². The standard InChI is InChI=1S/C12H23N3O2/c1-9(2)14-12(16)11-8-17-6-5-15(11)10-3-4-13-7-10/h9-11,13H,3-8H2,1-2H3,(H,14,16). The van der Waals surface area contributed by atoms with Crippen molar-refractivity contribution in [3.05, 3.63) is 0 Å². The van der Waals surface area contributed by atoms with Crippen LogP contribution < -0.4 is 10.6 Å². The maximum Gasteiger partial charge on any atom is 0.239 e. The van der Waals surface area contributed by atoms with Crippen molar-refractivity contribution in [3.8, 4) is 0 Å². The maximum atomic E-state index is 12.1. The van der Waals surface area contributed by atoms with E-state index in [1.54, 1.807) is 0 Å². The van der Waals surface area contributed by atoms with E-state index in [0.717, 1.165) is 32.7 Å². The van der Waals surface area contributed by atoms with Crippen molar-refractivity contribution >= 4 is 5.91 Å². The molecule has 0 radical (unpaired) electrons. The first-order chi connectivity index (χ1) is 8.18. The van der Waals surface area contributed by atoms with E-state index in [1.807, 2.05) is 13.8 Å². The Hall–Kier alpha value is -0.650. The average Bonchev–Trinajstić information content (AvgIpc) is 2.81. The number of rotatable bonds is 3. The van der Waals surface area contributed by atoms with Crippen molar-refractivity contribution in [1.29, 1.82) is 0 Å². The van der Waals surface area contributed by atoms with Gasteiger partial charge in [-0.15, -0.1) is 0 Å². The van der Waals surface area contributed by atoms with Gasteiger partial charge in [0.25, 0.3) is 0 Å². The number of nitrogens with one attached hydrogen (secondary N) is 2. The number of carbonyl (C=O) groups is 1. The molecule has 0 spiro atoms. The Morgan fingerprint density at radius 2 is 2.35 bits per heavy atom. The number of carbonyl (C=O) groups excluding carboxylic acids is 1. The zero-order chi connectivity index (χ0) is 12.3. The molecule has 2 rings (SSSR count). The van der Waals surface area contributed by atoms with Gasteiger partial charge in [-0.2, -0.15) is 0 Å². The Kier molecular flexibility index (Phi) is 4.36. The molecule has 0 aromatic heterocycles. The maximum absolute atomic E-state index is 12.1. The fourth-order valence-corrected chi connectivity index (χ4v) is 2.58. The SMILES string of the molecule is CC(C)NC(=O)C1COCCN1C1CCNC1. The van der Waals surface area contributed by atoms with Gasteiger partial charge in [0.15, 0.2) is 0 Å². The molecule has 2 fully saturated rings. The van der Waals surface area contributed by atoms with E-state index in [2.05, 4.69) is 15.5 Å². The minimum Gasteiger partial charge on any atom is -0.378 e. The summed E-state index contributed by atoms with van der Waals surface area (Å²) in [7, 11) is 0. The summed E-state index contributed by atoms with van der Waals surface area (Å²) in [6.07, 6.45) is 1.13. The van der Waals surface area contributed by atoms with Crippen LogP contribution in [0.1, 0.15) is 20.3 Å². The van der Waals surface area contributed by atoms with Crippen LogP contribution in [-0.4, -0.2) is 61.8 Å². The van der Waals surface area contributed by atoms with Crippen LogP contribution in [0.25, 0.3) is 0 Å². The summed E-state index contributed by atoms with van der Waals surface area (Å²) >= 11 is 0. The lowest BCUT2D eigenvalue weighted by Gasteiger charge is -2.38. The van der Waals surface area contributed by atoms with Crippen molar-refractivity contribution in [1.82, 2.24) is 15.5 Å². The van der Waals surface area contributed by atoms with Crippen LogP contribution in [0, 0.1) is 0 Å². The summed E-state index contributed by atoms with van der Waals surface area (Å²) in [4.78, 5) is 14.4. The molecule has 2 saturated heterocycles. The molecule has 2 N–H and O–H groups in total. The quantitative estimate of drug-likeness (QED) is 0.704. The largest absolute Gasteiger partial charge is 0.378 e. The second kappa shape index (κ2) is 5.80. The molecule has 0 aliphatic carbocycles. The van der Waals surface area contributed by atoms with Gasteiger partial charge in [-0.05, 0) is 26.8 Å². The third-order valence-corrected chi connectivity index (χ3v) is 3.41. The first-order valence-electron chi connectivity index (χ1n) is 6.53. The lowest BCUT2D eigenvalue weighted by molar-refractivity contribution is -0.134. The molecule has 5 nitrogen and oxygen atoms in total. The summed E-state index contributed by atoms with van der Waals surface area (Å²) < 4.78 is 5.45. The van der Waals surface area contributed by atoms with Crippen LogP contribution in [0.15, 0.2) is 0 Å². The highest BCUT2D eigenvalue weighted by molar-refractivity contribution is 5.82. The van der Waals surface area contributed by atoms with Crippen molar-refractivity contribution in [2.75, 3.05) is 32.8 Å². The smallest absolute Gasteiger partial charge is 0.239 e. The van der Waals surface area contributed by atoms with E-state index in [4.69, 9.17) is 4.74 Å². The monoisotopic (exact) mass is 241 g/mol. The van der Waals surface area contributed by atoms with E-state index >= 15 is 0 Å². The summed E-state index contributed by atoms with van der Waals surface area (Å²) in [6, 6.07) is 0.561. The Labute approximate surface area is 103 Å². The molecule has 2 unspecified atom stereocenters. The number of hydrogen-bond donors (Lipinski definition) is 2. The molecule has 0 saturated carbocycles. The summed E-state index contributed by atoms with van der Waals surface area (Å²) in [6.45, 7) is 8.15. The van der Waals surface area contributed by atoms with Crippen molar-refractivity contribution in [2.24, 2.45) is 0 Å². The lowest BCUT2D eigenvalue weighted by Crippen LogP contribution is -2.58. The van der Waals surface area contributed by atoms with Crippen LogP contribution in [0.4, 0.5) is 0 Å². The van der Waals surface area contributed by atoms with Crippen molar-refractivity contribution < 1.29 is 9.53 Å². The first kappa shape index (κ1) is 12.8. The molecule has 2 heterocycles. The fourth-order valence-electron chi connectivity index (χ4n) is 2.58. The minimum atomic E-state index is -0.115. The predicted octanol–water partition coefficient (Wildman–Crippen LogP) is -0.426. The van der Waals surface area contributed by atoms with E-state index in [9.17, 15) is 4.79 Å². The fraction of sp³-hybridized carbons (Fsp3) is 0.917. The summed E-state index contributed by atoms with van der Waals surface area (Å²) in [5.74, 6) is 0.103. The van der Waals surface area contributed by atoms with Gasteiger partial charge in [-0.1, -0.05) is 0 Å². The number of hydrogen-bond acceptors (Lipinski definition) is 4. The highest BCUT2D eigenvalue weighted by Gasteiger charge is 2.35. The van der Waals surface area contributed by atoms with E-state index < -0.39 is 0 Å². The molecule has 0 aromatic carbocycles. The van der Waals surface area contributed by atoms with Gasteiger partial charge in [0.1, 0.15) is 6.04 Å². The van der Waals surface area contributed by atoms with Crippen LogP contribution in [0.5, 0.6) is 0 Å². The van der Waals surface area contributed by atoms with Gasteiger partial charge in [-0.3, -0.25) is 9.69 Å². The van der Waals surface area contributed by atoms with Gasteiger partial charge in [-0.25, -0.2) is 0 Å². The average molecular weight is 241 g/mol. The molecular formula is C12H23N3O2. The second-order valence-electron chi connectivity index (χ2n) is 5.14. The Balaban J connectivity index is 1.98. The van der Waals surface area contributed by atoms with Crippen molar-refractivity contribution in [2.45, 2.75) is 38.4 Å². The number of morpholine rings is 1. The molecule has 17 heavy (non-hydrogen) atoms. The number of ether oxygens (including phenoxy) is 1. The van der Waals surface area contributed by atoms with Gasteiger partial charge in [0.2, 0.25) is 5.91 Å². The van der Waals surface area contributed by atoms with Crippen LogP contribution in [-0.2, 0) is 9.53 Å². The molecule has 98 valence electrons. The summed E-state index contributed by atoms with van der Waals surface area (Å²) in [5, 5.41) is 6.34. The third-order valence-electron chi connectivity index (χ3n) is 3.41. The molecule has 2 aliphatic rings. The first-order valence-corrected chi connectivity index (χ1v) is 6.53. The lowest BCUT2D eigenvalue weighted by atomic mass is 10.1. The highest BCUT2D eigenvalue weighted by Crippen LogP contribution is 2.16. The molecule has 1 amide bonds. The Morgan fingerprint density at radius 3 is 3.00 bits per heavy atom. The van der Waals surface area contributed by atoms with E-state index in [-0.39, 0.29) is 18.0 Å². The van der Waals surface area contributed by atoms with Gasteiger partial charge < -0.3 is 15.4 Å². The number of amides is 1. The van der Waals surface area contributed by atoms with Crippen molar-refractivity contribution in [3.63, 3.8) is 0 Å². The number of nitrogens with zero attached hydrogens (tertiary/aromatic N) is 1. The molecule has 5 heteroatoms. The zero-order valence-electron chi connectivity index (χ0n) is 10.7. The Bertz CT molecular complexity index is 264. The summed E-state index contributed by atoms with van der Waals surface area (Å²) in [5.41, 5.74) is 0.